The Kier molecular flexibility index (Phi) is 4.40. The third kappa shape index (κ3) is 3.20. The van der Waals surface area contributed by atoms with Crippen LogP contribution in [0.5, 0.6) is 0 Å². The smallest absolute Gasteiger partial charge is 0.183 e. The molecule has 1 fully saturated rings. The molecule has 0 unspecified atom stereocenters. The van der Waals surface area contributed by atoms with Crippen LogP contribution in [0.1, 0.15) is 25.2 Å². The lowest BCUT2D eigenvalue weighted by atomic mass is 10.1. The molecule has 0 spiro atoms. The lowest BCUT2D eigenvalue weighted by Gasteiger charge is -2.29. The molecule has 0 atom stereocenters. The number of aliphatic imine (C=N–C) groups is 1. The molecule has 1 aromatic carbocycles. The summed E-state index contributed by atoms with van der Waals surface area (Å²) in [5.41, 5.74) is 1.81. The van der Waals surface area contributed by atoms with Gasteiger partial charge in [0, 0.05) is 11.5 Å². The Morgan fingerprint density at radius 1 is 1.29 bits per heavy atom. The van der Waals surface area contributed by atoms with Crippen LogP contribution in [0, 0.1) is 5.92 Å². The molecule has 90 valence electrons. The molecule has 1 saturated heterocycles. The number of thiocarbonyl (C=S) groups is 1. The molecular formula is C13H15NO2S. The number of ether oxygens (including phenoxy) is 2. The van der Waals surface area contributed by atoms with Gasteiger partial charge >= 0.3 is 0 Å². The molecule has 1 aromatic rings. The van der Waals surface area contributed by atoms with E-state index in [1.165, 1.54) is 0 Å². The quantitative estimate of drug-likeness (QED) is 0.607. The third-order valence-electron chi connectivity index (χ3n) is 2.88. The molecule has 4 heteroatoms. The molecule has 1 aliphatic rings. The van der Waals surface area contributed by atoms with E-state index in [2.05, 4.69) is 29.3 Å². The molecule has 0 amide bonds. The SMILES string of the molecule is CCC1COC(c2ccc(N=C=S)cc2)OC1. The Morgan fingerprint density at radius 2 is 1.94 bits per heavy atom. The maximum atomic E-state index is 5.68. The van der Waals surface area contributed by atoms with Crippen LogP contribution in [0.4, 0.5) is 5.69 Å². The molecular weight excluding hydrogens is 234 g/mol. The number of nitrogens with zero attached hydrogens (tertiary/aromatic N) is 1. The van der Waals surface area contributed by atoms with Crippen molar-refractivity contribution in [2.75, 3.05) is 13.2 Å². The molecule has 0 radical (unpaired) electrons. The van der Waals surface area contributed by atoms with Crippen LogP contribution in [0.3, 0.4) is 0 Å². The van der Waals surface area contributed by atoms with Gasteiger partial charge in [-0.1, -0.05) is 19.1 Å². The first kappa shape index (κ1) is 12.4. The molecule has 0 aliphatic carbocycles. The fraction of sp³-hybridized carbons (Fsp3) is 0.462. The Labute approximate surface area is 106 Å². The summed E-state index contributed by atoms with van der Waals surface area (Å²) in [6, 6.07) is 7.66. The maximum Gasteiger partial charge on any atom is 0.183 e. The van der Waals surface area contributed by atoms with Crippen molar-refractivity contribution >= 4 is 23.1 Å². The highest BCUT2D eigenvalue weighted by Gasteiger charge is 2.22. The van der Waals surface area contributed by atoms with Crippen LogP contribution in [-0.4, -0.2) is 18.4 Å². The van der Waals surface area contributed by atoms with Crippen molar-refractivity contribution in [3.63, 3.8) is 0 Å². The summed E-state index contributed by atoms with van der Waals surface area (Å²) in [6.07, 6.45) is 0.845. The van der Waals surface area contributed by atoms with E-state index in [4.69, 9.17) is 9.47 Å². The van der Waals surface area contributed by atoms with Gasteiger partial charge in [0.15, 0.2) is 6.29 Å². The largest absolute Gasteiger partial charge is 0.348 e. The van der Waals surface area contributed by atoms with Gasteiger partial charge in [0.25, 0.3) is 0 Å². The van der Waals surface area contributed by atoms with Gasteiger partial charge in [0.2, 0.25) is 0 Å². The second kappa shape index (κ2) is 6.03. The molecule has 2 rings (SSSR count). The van der Waals surface area contributed by atoms with Gasteiger partial charge in [0.05, 0.1) is 24.1 Å². The van der Waals surface area contributed by atoms with E-state index >= 15 is 0 Å². The van der Waals surface area contributed by atoms with E-state index in [9.17, 15) is 0 Å². The molecule has 17 heavy (non-hydrogen) atoms. The number of hydrogen-bond acceptors (Lipinski definition) is 4. The average molecular weight is 249 g/mol. The normalized spacial score (nSPS) is 24.1. The second-order valence-electron chi connectivity index (χ2n) is 4.07. The third-order valence-corrected chi connectivity index (χ3v) is 2.98. The minimum absolute atomic E-state index is 0.247. The molecule has 0 N–H and O–H groups in total. The highest BCUT2D eigenvalue weighted by Crippen LogP contribution is 2.27. The van der Waals surface area contributed by atoms with E-state index in [0.717, 1.165) is 30.9 Å². The highest BCUT2D eigenvalue weighted by molar-refractivity contribution is 7.78. The Bertz CT molecular complexity index is 404. The van der Waals surface area contributed by atoms with Gasteiger partial charge in [-0.2, -0.15) is 4.99 Å². The van der Waals surface area contributed by atoms with Crippen molar-refractivity contribution < 1.29 is 9.47 Å². The van der Waals surface area contributed by atoms with Gasteiger partial charge in [0.1, 0.15) is 0 Å². The number of hydrogen-bond donors (Lipinski definition) is 0. The fourth-order valence-corrected chi connectivity index (χ4v) is 1.84. The van der Waals surface area contributed by atoms with Crippen LogP contribution in [-0.2, 0) is 9.47 Å². The van der Waals surface area contributed by atoms with Crippen molar-refractivity contribution in [1.29, 1.82) is 0 Å². The Hall–Kier alpha value is -1.06. The van der Waals surface area contributed by atoms with Crippen LogP contribution >= 0.6 is 12.2 Å². The zero-order valence-corrected chi connectivity index (χ0v) is 10.6. The lowest BCUT2D eigenvalue weighted by molar-refractivity contribution is -0.205. The van der Waals surface area contributed by atoms with Crippen LogP contribution < -0.4 is 0 Å². The zero-order valence-electron chi connectivity index (χ0n) is 9.76. The van der Waals surface area contributed by atoms with Gasteiger partial charge in [-0.25, -0.2) is 0 Å². The van der Waals surface area contributed by atoms with E-state index in [1.807, 2.05) is 24.3 Å². The molecule has 1 aliphatic heterocycles. The summed E-state index contributed by atoms with van der Waals surface area (Å²) in [5, 5.41) is 2.34. The van der Waals surface area contributed by atoms with Gasteiger partial charge in [-0.15, -0.1) is 0 Å². The molecule has 1 heterocycles. The molecule has 0 aromatic heterocycles. The van der Waals surface area contributed by atoms with Crippen molar-refractivity contribution in [1.82, 2.24) is 0 Å². The van der Waals surface area contributed by atoms with E-state index in [0.29, 0.717) is 5.92 Å². The summed E-state index contributed by atoms with van der Waals surface area (Å²) in [4.78, 5) is 3.90. The highest BCUT2D eigenvalue weighted by atomic mass is 32.1. The Morgan fingerprint density at radius 3 is 2.47 bits per heavy atom. The molecule has 0 bridgehead atoms. The van der Waals surface area contributed by atoms with Crippen molar-refractivity contribution in [2.45, 2.75) is 19.6 Å². The summed E-state index contributed by atoms with van der Waals surface area (Å²) < 4.78 is 11.4. The van der Waals surface area contributed by atoms with E-state index < -0.39 is 0 Å². The molecule has 3 nitrogen and oxygen atoms in total. The number of benzene rings is 1. The standard InChI is InChI=1S/C13H15NO2S/c1-2-10-7-15-13(16-8-10)11-3-5-12(6-4-11)14-9-17/h3-6,10,13H,2,7-8H2,1H3. The van der Waals surface area contributed by atoms with E-state index in [-0.39, 0.29) is 6.29 Å². The summed E-state index contributed by atoms with van der Waals surface area (Å²) in [5.74, 6) is 0.518. The first-order valence-corrected chi connectivity index (χ1v) is 6.15. The first-order chi connectivity index (χ1) is 8.33. The van der Waals surface area contributed by atoms with Crippen LogP contribution in [0.2, 0.25) is 0 Å². The predicted octanol–water partition coefficient (Wildman–Crippen LogP) is 3.49. The Balaban J connectivity index is 2.01. The zero-order chi connectivity index (χ0) is 12.1. The summed E-state index contributed by atoms with van der Waals surface area (Å²) >= 11 is 4.55. The predicted molar refractivity (Wildman–Crippen MR) is 69.6 cm³/mol. The maximum absolute atomic E-state index is 5.68. The van der Waals surface area contributed by atoms with Crippen molar-refractivity contribution in [3.05, 3.63) is 29.8 Å². The van der Waals surface area contributed by atoms with Gasteiger partial charge in [-0.05, 0) is 30.8 Å². The van der Waals surface area contributed by atoms with Gasteiger partial charge in [-0.3, -0.25) is 0 Å². The molecule has 0 saturated carbocycles. The van der Waals surface area contributed by atoms with Crippen LogP contribution in [0.15, 0.2) is 29.3 Å². The monoisotopic (exact) mass is 249 g/mol. The minimum atomic E-state index is -0.247. The fourth-order valence-electron chi connectivity index (χ4n) is 1.73. The summed E-state index contributed by atoms with van der Waals surface area (Å²) in [7, 11) is 0. The number of isothiocyanates is 1. The summed E-state index contributed by atoms with van der Waals surface area (Å²) in [6.45, 7) is 3.68. The first-order valence-electron chi connectivity index (χ1n) is 5.74. The van der Waals surface area contributed by atoms with Gasteiger partial charge < -0.3 is 9.47 Å². The second-order valence-corrected chi connectivity index (χ2v) is 4.25. The average Bonchev–Trinajstić information content (AvgIpc) is 2.40. The van der Waals surface area contributed by atoms with Crippen LogP contribution in [0.25, 0.3) is 0 Å². The van der Waals surface area contributed by atoms with Crippen molar-refractivity contribution in [2.24, 2.45) is 10.9 Å². The van der Waals surface area contributed by atoms with Crippen molar-refractivity contribution in [3.8, 4) is 0 Å². The topological polar surface area (TPSA) is 30.8 Å². The lowest BCUT2D eigenvalue weighted by Crippen LogP contribution is -2.26. The minimum Gasteiger partial charge on any atom is -0.348 e. The van der Waals surface area contributed by atoms with E-state index in [1.54, 1.807) is 0 Å². The number of rotatable bonds is 3.